The predicted octanol–water partition coefficient (Wildman–Crippen LogP) is 16.6. The molecule has 3 heterocycles. The van der Waals surface area contributed by atoms with Gasteiger partial charge >= 0.3 is 11.9 Å². The van der Waals surface area contributed by atoms with Gasteiger partial charge in [-0.25, -0.2) is 28.3 Å². The lowest BCUT2D eigenvalue weighted by Crippen LogP contribution is -2.15. The summed E-state index contributed by atoms with van der Waals surface area (Å²) in [4.78, 5) is 38.2. The second-order valence-electron chi connectivity index (χ2n) is 17.0. The van der Waals surface area contributed by atoms with Crippen LogP contribution in [-0.2, 0) is 9.47 Å². The molecule has 340 valence electrons. The van der Waals surface area contributed by atoms with E-state index in [1.54, 1.807) is 72.8 Å². The summed E-state index contributed by atoms with van der Waals surface area (Å²) in [7, 11) is 0. The van der Waals surface area contributed by atoms with Crippen LogP contribution in [0.15, 0.2) is 83.6 Å². The number of fused-ring (bicyclic) bond motifs is 1. The zero-order chi connectivity index (χ0) is 45.3. The van der Waals surface area contributed by atoms with Crippen molar-refractivity contribution in [2.45, 2.75) is 130 Å². The highest BCUT2D eigenvalue weighted by atomic mass is 32.1. The summed E-state index contributed by atoms with van der Waals surface area (Å²) >= 11 is 2.59. The molecule has 3 aromatic carbocycles. The summed E-state index contributed by atoms with van der Waals surface area (Å²) in [6.45, 7) is 9.54. The molecule has 6 rings (SSSR count). The lowest BCUT2D eigenvalue weighted by Gasteiger charge is -2.18. The minimum Gasteiger partial charge on any atom is -0.462 e. The average Bonchev–Trinajstić information content (AvgIpc) is 4.07. The van der Waals surface area contributed by atoms with Crippen LogP contribution in [0.3, 0.4) is 0 Å². The van der Waals surface area contributed by atoms with Gasteiger partial charge in [-0.1, -0.05) is 141 Å². The summed E-state index contributed by atoms with van der Waals surface area (Å²) in [6.07, 6.45) is 18.0. The minimum absolute atomic E-state index is 0.0383. The van der Waals surface area contributed by atoms with E-state index in [1.165, 1.54) is 61.2 Å². The molecule has 0 N–H and O–H groups in total. The number of esters is 2. The number of hydrogen-bond acceptors (Lipinski definition) is 8. The van der Waals surface area contributed by atoms with Crippen LogP contribution in [0.2, 0.25) is 0 Å². The van der Waals surface area contributed by atoms with Crippen LogP contribution in [0.25, 0.3) is 54.4 Å². The number of hydrogen-bond donors (Lipinski definition) is 0. The summed E-state index contributed by atoms with van der Waals surface area (Å²) in [5, 5.41) is 3.63. The van der Waals surface area contributed by atoms with Crippen molar-refractivity contribution in [1.82, 2.24) is 9.97 Å². The number of halogens is 2. The number of thiophene rings is 2. The van der Waals surface area contributed by atoms with Crippen LogP contribution in [-0.4, -0.2) is 35.1 Å². The van der Waals surface area contributed by atoms with Gasteiger partial charge in [-0.2, -0.15) is 0 Å². The number of carbonyl (C=O) groups is 2. The van der Waals surface area contributed by atoms with E-state index in [0.29, 0.717) is 68.4 Å². The Hall–Kier alpha value is -4.80. The smallest absolute Gasteiger partial charge is 0.338 e. The lowest BCUT2D eigenvalue weighted by molar-refractivity contribution is 0.0414. The summed E-state index contributed by atoms with van der Waals surface area (Å²) in [5.74, 6) is -2.11. The van der Waals surface area contributed by atoms with Crippen molar-refractivity contribution in [1.29, 1.82) is 0 Å². The molecule has 0 saturated carbocycles. The highest BCUT2D eigenvalue weighted by Crippen LogP contribution is 2.44. The third kappa shape index (κ3) is 12.7. The van der Waals surface area contributed by atoms with Gasteiger partial charge in [0.15, 0.2) is 11.6 Å². The largest absolute Gasteiger partial charge is 0.462 e. The Labute approximate surface area is 386 Å². The molecule has 64 heavy (non-hydrogen) atoms. The first-order valence-corrected chi connectivity index (χ1v) is 25.4. The summed E-state index contributed by atoms with van der Waals surface area (Å²) < 4.78 is 44.6. The Morgan fingerprint density at radius 3 is 1.23 bits per heavy atom. The molecule has 2 unspecified atom stereocenters. The molecular formula is C54H64F2N2O4S2. The van der Waals surface area contributed by atoms with Crippen molar-refractivity contribution in [2.24, 2.45) is 11.8 Å². The standard InChI is InChI=1S/C54H64F2N2O4S2/c1-5-9-13-15-21-37(19-11-7-3)35-61-53(59)41-29-25-39(26-30-41)49-50(40-27-31-42(32-28-40)54(60)62-36-38(20-12-8-4)22-16-14-10-6-2)58-52-46(44-24-18-34-64-44)48(56)47(55)45(51(52)57-49)43-23-17-33-63-43/h17-18,23-34,37-38H,5-16,19-22,35-36H2,1-4H3. The maximum Gasteiger partial charge on any atom is 0.338 e. The number of unbranched alkanes of at least 4 members (excludes halogenated alkanes) is 8. The Balaban J connectivity index is 1.36. The third-order valence-electron chi connectivity index (χ3n) is 12.1. The zero-order valence-corrected chi connectivity index (χ0v) is 39.7. The molecule has 0 saturated heterocycles. The molecule has 0 aliphatic rings. The van der Waals surface area contributed by atoms with Gasteiger partial charge in [0.2, 0.25) is 0 Å². The molecule has 0 aliphatic heterocycles. The van der Waals surface area contributed by atoms with Crippen LogP contribution in [0, 0.1) is 23.5 Å². The molecule has 0 bridgehead atoms. The van der Waals surface area contributed by atoms with Gasteiger partial charge in [0.05, 0.1) is 46.9 Å². The fourth-order valence-corrected chi connectivity index (χ4v) is 9.84. The first-order chi connectivity index (χ1) is 31.3. The number of rotatable bonds is 26. The summed E-state index contributed by atoms with van der Waals surface area (Å²) in [5.41, 5.74) is 3.41. The van der Waals surface area contributed by atoms with E-state index in [1.807, 2.05) is 10.8 Å². The predicted molar refractivity (Wildman–Crippen MR) is 261 cm³/mol. The molecule has 0 radical (unpaired) electrons. The van der Waals surface area contributed by atoms with Crippen LogP contribution in [0.4, 0.5) is 8.78 Å². The van der Waals surface area contributed by atoms with Crippen molar-refractivity contribution in [3.05, 3.63) is 106 Å². The highest BCUT2D eigenvalue weighted by molar-refractivity contribution is 7.14. The van der Waals surface area contributed by atoms with E-state index in [-0.39, 0.29) is 34.1 Å². The number of ether oxygens (including phenoxy) is 2. The van der Waals surface area contributed by atoms with E-state index >= 15 is 8.78 Å². The maximum absolute atomic E-state index is 16.4. The molecule has 6 nitrogen and oxygen atoms in total. The van der Waals surface area contributed by atoms with E-state index < -0.39 is 11.6 Å². The van der Waals surface area contributed by atoms with Gasteiger partial charge in [-0.05, 0) is 84.7 Å². The van der Waals surface area contributed by atoms with Crippen LogP contribution in [0.5, 0.6) is 0 Å². The fraction of sp³-hybridized carbons (Fsp3) is 0.444. The van der Waals surface area contributed by atoms with Gasteiger partial charge in [0.1, 0.15) is 11.0 Å². The van der Waals surface area contributed by atoms with Gasteiger partial charge < -0.3 is 9.47 Å². The normalized spacial score (nSPS) is 12.4. The Morgan fingerprint density at radius 2 is 0.891 bits per heavy atom. The van der Waals surface area contributed by atoms with Crippen molar-refractivity contribution in [3.63, 3.8) is 0 Å². The highest BCUT2D eigenvalue weighted by Gasteiger charge is 2.28. The van der Waals surface area contributed by atoms with Crippen molar-refractivity contribution in [3.8, 4) is 43.4 Å². The first-order valence-electron chi connectivity index (χ1n) is 23.6. The van der Waals surface area contributed by atoms with E-state index in [9.17, 15) is 9.59 Å². The van der Waals surface area contributed by atoms with Crippen LogP contribution >= 0.6 is 22.7 Å². The number of benzene rings is 3. The summed E-state index contributed by atoms with van der Waals surface area (Å²) in [6, 6.07) is 21.1. The Kier molecular flexibility index (Phi) is 19.0. The number of aromatic nitrogens is 2. The lowest BCUT2D eigenvalue weighted by atomic mass is 9.96. The van der Waals surface area contributed by atoms with Gasteiger partial charge in [0, 0.05) is 20.9 Å². The molecule has 0 amide bonds. The minimum atomic E-state index is -0.993. The van der Waals surface area contributed by atoms with Crippen LogP contribution in [0.1, 0.15) is 151 Å². The molecule has 0 fully saturated rings. The van der Waals surface area contributed by atoms with Gasteiger partial charge in [-0.15, -0.1) is 22.7 Å². The fourth-order valence-electron chi connectivity index (χ4n) is 8.31. The Bertz CT molecular complexity index is 2200. The molecule has 2 atom stereocenters. The average molecular weight is 907 g/mol. The quantitative estimate of drug-likeness (QED) is 0.0398. The SMILES string of the molecule is CCCCCCC(CCCC)COC(=O)c1ccc(-c2nc3c(-c4cccs4)c(F)c(F)c(-c4cccs4)c3nc2-c2ccc(C(=O)OCC(CCCC)CCCCCC)cc2)cc1. The zero-order valence-electron chi connectivity index (χ0n) is 38.1. The molecule has 0 aliphatic carbocycles. The van der Waals surface area contributed by atoms with Crippen molar-refractivity contribution >= 4 is 45.6 Å². The first kappa shape index (κ1) is 48.7. The Morgan fingerprint density at radius 1 is 0.516 bits per heavy atom. The van der Waals surface area contributed by atoms with E-state index in [4.69, 9.17) is 19.4 Å². The van der Waals surface area contributed by atoms with Gasteiger partial charge in [-0.3, -0.25) is 0 Å². The topological polar surface area (TPSA) is 78.4 Å². The second kappa shape index (κ2) is 25.0. The number of carbonyl (C=O) groups excluding carboxylic acids is 2. The monoisotopic (exact) mass is 906 g/mol. The number of nitrogens with zero attached hydrogens (tertiary/aromatic N) is 2. The van der Waals surface area contributed by atoms with Gasteiger partial charge in [0.25, 0.3) is 0 Å². The van der Waals surface area contributed by atoms with Crippen molar-refractivity contribution in [2.75, 3.05) is 13.2 Å². The third-order valence-corrected chi connectivity index (χ3v) is 13.9. The van der Waals surface area contributed by atoms with E-state index in [0.717, 1.165) is 64.2 Å². The molecule has 3 aromatic heterocycles. The van der Waals surface area contributed by atoms with Crippen LogP contribution < -0.4 is 0 Å². The molecule has 6 aromatic rings. The molecule has 10 heteroatoms. The molecule has 0 spiro atoms. The second-order valence-corrected chi connectivity index (χ2v) is 18.9. The van der Waals surface area contributed by atoms with Crippen molar-refractivity contribution < 1.29 is 27.8 Å². The van der Waals surface area contributed by atoms with E-state index in [2.05, 4.69) is 27.7 Å². The molecular weight excluding hydrogens is 843 g/mol. The maximum atomic E-state index is 16.4.